The third-order valence-electron chi connectivity index (χ3n) is 15.1. The summed E-state index contributed by atoms with van der Waals surface area (Å²) in [6.07, 6.45) is 23.1. The van der Waals surface area contributed by atoms with Crippen molar-refractivity contribution in [3.63, 3.8) is 0 Å². The standard InChI is InChI=1S/C34H43BrN2O3S.C16H14BrN.C16H24N.BrH/c1-6-7-8-18-30-27-15-9-10-16-28(27)34(4,5)37(30)24-22-26(35)20-21-32-33(2,3)29-17-11-12-19-31(29)36(32)23-13-14-25-41(38,39)40;17-15(12-11-14-7-3-1-4-8-14)13-18-16-9-5-2-6-10-16;1-5-6-9-12-17-13(2)16(3,4)14-10-7-8-11-15(14)17;/h9-12,15-17,19-22,24H,6-8,13-14,18,23,25H2,1-5H3;1-10,12-13H,11H2;7-8,10-11H,5-6,9,12H2,1-4H3;1H/q;;+1;/p+1/b24-22+,26-20-,32-21+;15-12-,18-13?;;. The summed E-state index contributed by atoms with van der Waals surface area (Å²) in [5.41, 5.74) is 14.2. The molecule has 5 aromatic carbocycles. The maximum absolute atomic E-state index is 11.2. The fourth-order valence-electron chi connectivity index (χ4n) is 10.5. The van der Waals surface area contributed by atoms with E-state index in [1.54, 1.807) is 0 Å². The molecule has 77 heavy (non-hydrogen) atoms. The van der Waals surface area contributed by atoms with Crippen LogP contribution in [0.1, 0.15) is 148 Å². The zero-order valence-electron chi connectivity index (χ0n) is 47.0. The van der Waals surface area contributed by atoms with Crippen LogP contribution >= 0.6 is 48.8 Å². The van der Waals surface area contributed by atoms with Crippen LogP contribution in [-0.4, -0.2) is 58.6 Å². The molecule has 0 unspecified atom stereocenters. The number of nitrogens with zero attached hydrogens (tertiary/aromatic N) is 4. The lowest BCUT2D eigenvalue weighted by atomic mass is 9.82. The molecular formula is C66H83Br3N4O3S+2. The van der Waals surface area contributed by atoms with Crippen LogP contribution in [-0.2, 0) is 32.9 Å². The normalized spacial score (nSPS) is 16.7. The monoisotopic (exact) mass is 1250 g/mol. The number of hydrogen-bond donors (Lipinski definition) is 1. The molecule has 0 aromatic heterocycles. The highest BCUT2D eigenvalue weighted by Gasteiger charge is 2.44. The highest BCUT2D eigenvalue weighted by Crippen LogP contribution is 2.48. The molecule has 410 valence electrons. The van der Waals surface area contributed by atoms with E-state index in [1.807, 2.05) is 48.7 Å². The maximum Gasteiger partial charge on any atom is 0.264 e. The molecule has 1 N–H and O–H groups in total. The molecule has 0 fully saturated rings. The Morgan fingerprint density at radius 3 is 1.96 bits per heavy atom. The summed E-state index contributed by atoms with van der Waals surface area (Å²) in [6, 6.07) is 46.3. The van der Waals surface area contributed by atoms with Gasteiger partial charge in [-0.05, 0) is 109 Å². The van der Waals surface area contributed by atoms with Crippen LogP contribution < -0.4 is 4.90 Å². The third-order valence-corrected chi connectivity index (χ3v) is 16.9. The molecule has 0 bridgehead atoms. The Kier molecular flexibility index (Phi) is 24.1. The fourth-order valence-corrected chi connectivity index (χ4v) is 11.6. The topological polar surface area (TPSA) is 76.0 Å². The zero-order valence-corrected chi connectivity index (χ0v) is 52.7. The van der Waals surface area contributed by atoms with Gasteiger partial charge in [0.2, 0.25) is 5.69 Å². The van der Waals surface area contributed by atoms with E-state index >= 15 is 0 Å². The van der Waals surface area contributed by atoms with E-state index in [-0.39, 0.29) is 39.1 Å². The quantitative estimate of drug-likeness (QED) is 0.0277. The van der Waals surface area contributed by atoms with Crippen LogP contribution in [0.4, 0.5) is 17.1 Å². The van der Waals surface area contributed by atoms with Crippen LogP contribution in [0.25, 0.3) is 0 Å². The van der Waals surface area contributed by atoms with E-state index < -0.39 is 10.1 Å². The van der Waals surface area contributed by atoms with Crippen molar-refractivity contribution >= 4 is 93.7 Å². The van der Waals surface area contributed by atoms with E-state index in [0.717, 1.165) is 38.9 Å². The van der Waals surface area contributed by atoms with Crippen molar-refractivity contribution in [3.05, 3.63) is 206 Å². The number of unbranched alkanes of at least 4 members (excludes halogenated alkanes) is 5. The summed E-state index contributed by atoms with van der Waals surface area (Å²) >= 11 is 7.31. The lowest BCUT2D eigenvalue weighted by Gasteiger charge is -2.27. The highest BCUT2D eigenvalue weighted by atomic mass is 79.9. The van der Waals surface area contributed by atoms with E-state index in [4.69, 9.17) is 4.55 Å². The Hall–Kier alpha value is -4.78. The van der Waals surface area contributed by atoms with Crippen molar-refractivity contribution in [1.29, 1.82) is 0 Å². The first-order valence-corrected chi connectivity index (χ1v) is 30.5. The van der Waals surface area contributed by atoms with Gasteiger partial charge in [0.05, 0.1) is 22.4 Å². The summed E-state index contributed by atoms with van der Waals surface area (Å²) in [5.74, 6) is -0.213. The van der Waals surface area contributed by atoms with Crippen LogP contribution in [0.15, 0.2) is 184 Å². The van der Waals surface area contributed by atoms with Gasteiger partial charge in [-0.25, -0.2) is 0 Å². The van der Waals surface area contributed by atoms with Gasteiger partial charge >= 0.3 is 0 Å². The van der Waals surface area contributed by atoms with E-state index in [2.05, 4.69) is 235 Å². The van der Waals surface area contributed by atoms with Gasteiger partial charge in [0.25, 0.3) is 10.1 Å². The first-order chi connectivity index (χ1) is 36.3. The number of para-hydroxylation sites is 3. The van der Waals surface area contributed by atoms with Gasteiger partial charge in [-0.3, -0.25) is 9.55 Å². The molecule has 0 aliphatic carbocycles. The van der Waals surface area contributed by atoms with Crippen molar-refractivity contribution in [3.8, 4) is 0 Å². The number of aliphatic imine (C=N–C) groups is 1. The molecule has 0 radical (unpaired) electrons. The predicted molar refractivity (Wildman–Crippen MR) is 341 cm³/mol. The van der Waals surface area contributed by atoms with Crippen molar-refractivity contribution in [2.45, 2.75) is 143 Å². The number of halogens is 3. The summed E-state index contributed by atoms with van der Waals surface area (Å²) in [7, 11) is -3.95. The largest absolute Gasteiger partial charge is 0.344 e. The van der Waals surface area contributed by atoms with Crippen molar-refractivity contribution < 1.29 is 22.1 Å². The molecule has 11 heteroatoms. The van der Waals surface area contributed by atoms with Crippen molar-refractivity contribution in [2.24, 2.45) is 4.99 Å². The van der Waals surface area contributed by atoms with E-state index in [0.29, 0.717) is 19.4 Å². The van der Waals surface area contributed by atoms with Gasteiger partial charge in [-0.15, -0.1) is 17.0 Å². The predicted octanol–water partition coefficient (Wildman–Crippen LogP) is 18.2. The minimum atomic E-state index is -3.95. The summed E-state index contributed by atoms with van der Waals surface area (Å²) in [6.45, 7) is 22.4. The summed E-state index contributed by atoms with van der Waals surface area (Å²) in [5, 5.41) is 0. The minimum Gasteiger partial charge on any atom is -0.344 e. The van der Waals surface area contributed by atoms with Crippen molar-refractivity contribution in [2.75, 3.05) is 23.7 Å². The van der Waals surface area contributed by atoms with Gasteiger partial charge in [0.15, 0.2) is 23.2 Å². The molecule has 3 heterocycles. The van der Waals surface area contributed by atoms with Crippen LogP contribution in [0.2, 0.25) is 0 Å². The Morgan fingerprint density at radius 2 is 1.29 bits per heavy atom. The third kappa shape index (κ3) is 16.9. The smallest absolute Gasteiger partial charge is 0.264 e. The second-order valence-electron chi connectivity index (χ2n) is 21.5. The first kappa shape index (κ1) is 63.1. The molecule has 0 saturated carbocycles. The lowest BCUT2D eigenvalue weighted by molar-refractivity contribution is -0.544. The summed E-state index contributed by atoms with van der Waals surface area (Å²) in [4.78, 5) is 6.67. The SMILES string of the molecule is Br.Br/C(C=Nc1ccccc1)=C\Cc1ccccc1.CCCCCC1=[N+](/C=C/C(Br)=C/C=C2/N(CCCCS(=O)(=O)O)c3ccccc3C2(C)C)C(C)(C)c2ccccc21.CCCCC[N+]1=C(C)C(C)(C)c2ccccc21. The molecule has 0 spiro atoms. The number of anilines is 1. The van der Waals surface area contributed by atoms with Gasteiger partial charge in [-0.1, -0.05) is 172 Å². The summed E-state index contributed by atoms with van der Waals surface area (Å²) < 4.78 is 38.5. The Balaban J connectivity index is 0.000000249. The number of fused-ring (bicyclic) bond motifs is 3. The number of rotatable bonds is 20. The van der Waals surface area contributed by atoms with Crippen LogP contribution in [0.3, 0.4) is 0 Å². The molecule has 3 aliphatic rings. The Morgan fingerprint density at radius 1 is 0.688 bits per heavy atom. The Labute approximate surface area is 490 Å². The number of benzene rings is 5. The molecule has 7 nitrogen and oxygen atoms in total. The van der Waals surface area contributed by atoms with Gasteiger partial charge in [0, 0.05) is 95.4 Å². The zero-order chi connectivity index (χ0) is 54.9. The van der Waals surface area contributed by atoms with Crippen molar-refractivity contribution in [1.82, 2.24) is 0 Å². The number of hydrogen-bond acceptors (Lipinski definition) is 4. The first-order valence-electron chi connectivity index (χ1n) is 27.3. The second-order valence-corrected chi connectivity index (χ2v) is 24.9. The van der Waals surface area contributed by atoms with Crippen LogP contribution in [0.5, 0.6) is 0 Å². The minimum absolute atomic E-state index is 0. The van der Waals surface area contributed by atoms with E-state index in [1.165, 1.54) is 90.0 Å². The number of allylic oxidation sites excluding steroid dienone is 7. The van der Waals surface area contributed by atoms with Gasteiger partial charge in [-0.2, -0.15) is 17.6 Å². The van der Waals surface area contributed by atoms with Gasteiger partial charge < -0.3 is 4.90 Å². The average Bonchev–Trinajstić information content (AvgIpc) is 3.88. The van der Waals surface area contributed by atoms with E-state index in [9.17, 15) is 8.42 Å². The molecular weight excluding hydrogens is 1170 g/mol. The molecule has 3 aliphatic heterocycles. The lowest BCUT2D eigenvalue weighted by Crippen LogP contribution is -2.28. The maximum atomic E-state index is 11.2. The highest BCUT2D eigenvalue weighted by molar-refractivity contribution is 9.12. The second kappa shape index (κ2) is 29.4. The molecule has 0 atom stereocenters. The molecule has 0 saturated heterocycles. The fraction of sp³-hybridized carbons (Fsp3) is 0.379. The molecule has 0 amide bonds. The van der Waals surface area contributed by atoms with Crippen LogP contribution in [0, 0.1) is 0 Å². The molecule has 5 aromatic rings. The molecule has 8 rings (SSSR count). The Bertz CT molecular complexity index is 3080. The van der Waals surface area contributed by atoms with Gasteiger partial charge in [0.1, 0.15) is 6.54 Å². The average molecular weight is 1250 g/mol.